The molecule has 0 unspecified atom stereocenters. The van der Waals surface area contributed by atoms with Crippen molar-refractivity contribution in [3.05, 3.63) is 121 Å². The molecule has 4 aromatic rings. The highest BCUT2D eigenvalue weighted by Gasteiger charge is 1.90. The number of carbonyl (C=O) groups excluding carboxylic acids is 3. The van der Waals surface area contributed by atoms with Crippen molar-refractivity contribution in [1.29, 1.82) is 0 Å². The SMILES string of the molecule is CC(=O)Nc1ccccc1.CCC.CCC.Nc1ccccc1.O=CNc1ccccc1.O=CNc1ccccc1. The second-order valence-electron chi connectivity index (χ2n) is 8.13. The Balaban J connectivity index is 0. The lowest BCUT2D eigenvalue weighted by Gasteiger charge is -1.98. The van der Waals surface area contributed by atoms with Gasteiger partial charge in [0.05, 0.1) is 0 Å². The topological polar surface area (TPSA) is 113 Å². The van der Waals surface area contributed by atoms with E-state index in [0.29, 0.717) is 12.8 Å². The van der Waals surface area contributed by atoms with Gasteiger partial charge in [-0.2, -0.15) is 0 Å². The first-order chi connectivity index (χ1) is 19.9. The summed E-state index contributed by atoms with van der Waals surface area (Å²) in [5, 5.41) is 7.72. The summed E-state index contributed by atoms with van der Waals surface area (Å²) < 4.78 is 0. The third-order valence-electron chi connectivity index (χ3n) is 3.89. The molecule has 4 rings (SSSR count). The number of nitrogens with two attached hydrogens (primary N) is 1. The van der Waals surface area contributed by atoms with Crippen molar-refractivity contribution in [2.75, 3.05) is 21.7 Å². The van der Waals surface area contributed by atoms with Crippen LogP contribution >= 0.6 is 0 Å². The Hall–Kier alpha value is -4.91. The molecule has 3 amide bonds. The van der Waals surface area contributed by atoms with Crippen LogP contribution < -0.4 is 21.7 Å². The van der Waals surface area contributed by atoms with Gasteiger partial charge < -0.3 is 21.7 Å². The van der Waals surface area contributed by atoms with Crippen molar-refractivity contribution < 1.29 is 14.4 Å². The van der Waals surface area contributed by atoms with Crippen molar-refractivity contribution in [3.8, 4) is 0 Å². The summed E-state index contributed by atoms with van der Waals surface area (Å²) in [6.45, 7) is 9.99. The molecule has 7 heteroatoms. The molecule has 0 bridgehead atoms. The zero-order valence-electron chi connectivity index (χ0n) is 24.9. The largest absolute Gasteiger partial charge is 0.399 e. The van der Waals surface area contributed by atoms with Crippen molar-refractivity contribution in [1.82, 2.24) is 0 Å². The van der Waals surface area contributed by atoms with Crippen LogP contribution in [0.3, 0.4) is 0 Å². The minimum absolute atomic E-state index is 0.0359. The summed E-state index contributed by atoms with van der Waals surface area (Å²) in [5.74, 6) is -0.0359. The van der Waals surface area contributed by atoms with E-state index in [-0.39, 0.29) is 5.91 Å². The summed E-state index contributed by atoms with van der Waals surface area (Å²) in [6.07, 6.45) is 3.82. The molecule has 5 N–H and O–H groups in total. The van der Waals surface area contributed by atoms with Crippen LogP contribution in [0.2, 0.25) is 0 Å². The molecule has 4 aromatic carbocycles. The van der Waals surface area contributed by atoms with Crippen LogP contribution in [0, 0.1) is 0 Å². The van der Waals surface area contributed by atoms with Gasteiger partial charge in [-0.25, -0.2) is 0 Å². The number of nitrogen functional groups attached to an aromatic ring is 1. The maximum absolute atomic E-state index is 10.5. The summed E-state index contributed by atoms with van der Waals surface area (Å²) in [7, 11) is 0. The van der Waals surface area contributed by atoms with Crippen molar-refractivity contribution >= 4 is 41.5 Å². The van der Waals surface area contributed by atoms with E-state index in [1.807, 2.05) is 121 Å². The number of hydrogen-bond acceptors (Lipinski definition) is 4. The average molecular weight is 559 g/mol. The molecule has 0 spiro atoms. The van der Waals surface area contributed by atoms with E-state index < -0.39 is 0 Å². The van der Waals surface area contributed by atoms with Crippen LogP contribution in [0.15, 0.2) is 121 Å². The maximum Gasteiger partial charge on any atom is 0.221 e. The van der Waals surface area contributed by atoms with E-state index in [1.165, 1.54) is 19.8 Å². The van der Waals surface area contributed by atoms with Gasteiger partial charge in [-0.05, 0) is 48.5 Å². The number of benzene rings is 4. The number of rotatable bonds is 5. The quantitative estimate of drug-likeness (QED) is 0.146. The molecule has 7 nitrogen and oxygen atoms in total. The van der Waals surface area contributed by atoms with Crippen LogP contribution in [-0.4, -0.2) is 18.7 Å². The Bertz CT molecular complexity index is 1060. The smallest absolute Gasteiger partial charge is 0.221 e. The third kappa shape index (κ3) is 27.9. The summed E-state index contributed by atoms with van der Waals surface area (Å²) in [5.41, 5.74) is 8.67. The van der Waals surface area contributed by atoms with E-state index in [0.717, 1.165) is 22.7 Å². The van der Waals surface area contributed by atoms with Gasteiger partial charge in [0, 0.05) is 29.7 Å². The summed E-state index contributed by atoms with van der Waals surface area (Å²) in [6, 6.07) is 37.4. The molecule has 0 saturated carbocycles. The summed E-state index contributed by atoms with van der Waals surface area (Å²) >= 11 is 0. The summed E-state index contributed by atoms with van der Waals surface area (Å²) in [4.78, 5) is 30.2. The predicted molar refractivity (Wildman–Crippen MR) is 176 cm³/mol. The van der Waals surface area contributed by atoms with E-state index in [2.05, 4.69) is 43.6 Å². The van der Waals surface area contributed by atoms with Gasteiger partial charge in [0.25, 0.3) is 0 Å². The van der Waals surface area contributed by atoms with Crippen LogP contribution in [0.5, 0.6) is 0 Å². The first-order valence-corrected chi connectivity index (χ1v) is 13.5. The minimum Gasteiger partial charge on any atom is -0.399 e. The maximum atomic E-state index is 10.5. The molecule has 0 fully saturated rings. The van der Waals surface area contributed by atoms with Gasteiger partial charge in [0.1, 0.15) is 0 Å². The Kier molecular flexibility index (Phi) is 27.6. The molecule has 0 aromatic heterocycles. The number of hydrogen-bond donors (Lipinski definition) is 4. The van der Waals surface area contributed by atoms with Crippen LogP contribution in [0.4, 0.5) is 22.7 Å². The van der Waals surface area contributed by atoms with Crippen molar-refractivity contribution in [2.45, 2.75) is 47.5 Å². The molecule has 41 heavy (non-hydrogen) atoms. The fraction of sp³-hybridized carbons (Fsp3) is 0.206. The second kappa shape index (κ2) is 29.6. The molecule has 220 valence electrons. The van der Waals surface area contributed by atoms with Crippen molar-refractivity contribution in [2.24, 2.45) is 0 Å². The Morgan fingerprint density at radius 1 is 0.561 bits per heavy atom. The number of nitrogens with one attached hydrogen (secondary N) is 3. The Morgan fingerprint density at radius 2 is 0.829 bits per heavy atom. The fourth-order valence-electron chi connectivity index (χ4n) is 2.38. The highest BCUT2D eigenvalue weighted by atomic mass is 16.1. The lowest BCUT2D eigenvalue weighted by Crippen LogP contribution is -2.04. The number of para-hydroxylation sites is 4. The molecule has 0 aliphatic rings. The number of carbonyl (C=O) groups is 3. The molecule has 0 radical (unpaired) electrons. The lowest BCUT2D eigenvalue weighted by atomic mass is 10.3. The monoisotopic (exact) mass is 558 g/mol. The first-order valence-electron chi connectivity index (χ1n) is 13.5. The standard InChI is InChI=1S/C8H9NO.2C7H7NO.C6H7N.2C3H8/c1-7(10)9-8-5-3-2-4-6-8;2*9-6-8-7-4-2-1-3-5-7;7-6-4-2-1-3-5-6;2*1-3-2/h2-6H,1H3,(H,9,10);2*1-6H,(H,8,9);1-5H,7H2;2*3H2,1-2H3. The normalized spacial score (nSPS) is 8.22. The molecule has 0 atom stereocenters. The molecule has 0 aliphatic heterocycles. The number of anilines is 4. The average Bonchev–Trinajstić information content (AvgIpc) is 2.97. The van der Waals surface area contributed by atoms with Gasteiger partial charge in [0.2, 0.25) is 18.7 Å². The van der Waals surface area contributed by atoms with Crippen LogP contribution in [0.1, 0.15) is 47.5 Å². The lowest BCUT2D eigenvalue weighted by molar-refractivity contribution is -0.114. The predicted octanol–water partition coefficient (Wildman–Crippen LogP) is 8.26. The first kappa shape index (κ1) is 38.2. The molecule has 0 heterocycles. The fourth-order valence-corrected chi connectivity index (χ4v) is 2.38. The van der Waals surface area contributed by atoms with Gasteiger partial charge in [0.15, 0.2) is 0 Å². The molecular formula is C34H46N4O3. The molecule has 0 aliphatic carbocycles. The van der Waals surface area contributed by atoms with Gasteiger partial charge in [-0.1, -0.05) is 113 Å². The van der Waals surface area contributed by atoms with E-state index in [1.54, 1.807) is 0 Å². The van der Waals surface area contributed by atoms with Crippen LogP contribution in [-0.2, 0) is 14.4 Å². The minimum atomic E-state index is -0.0359. The van der Waals surface area contributed by atoms with E-state index in [4.69, 9.17) is 5.73 Å². The zero-order chi connectivity index (χ0) is 31.0. The Morgan fingerprint density at radius 3 is 1.05 bits per heavy atom. The van der Waals surface area contributed by atoms with Gasteiger partial charge in [-0.3, -0.25) is 14.4 Å². The molecule has 0 saturated heterocycles. The van der Waals surface area contributed by atoms with Crippen LogP contribution in [0.25, 0.3) is 0 Å². The van der Waals surface area contributed by atoms with Gasteiger partial charge in [-0.15, -0.1) is 0 Å². The molecular weight excluding hydrogens is 512 g/mol. The zero-order valence-corrected chi connectivity index (χ0v) is 24.9. The van der Waals surface area contributed by atoms with Gasteiger partial charge >= 0.3 is 0 Å². The second-order valence-corrected chi connectivity index (χ2v) is 8.13. The highest BCUT2D eigenvalue weighted by molar-refractivity contribution is 5.88. The van der Waals surface area contributed by atoms with E-state index in [9.17, 15) is 14.4 Å². The Labute approximate surface area is 246 Å². The van der Waals surface area contributed by atoms with Crippen molar-refractivity contribution in [3.63, 3.8) is 0 Å². The van der Waals surface area contributed by atoms with E-state index >= 15 is 0 Å². The third-order valence-corrected chi connectivity index (χ3v) is 3.89. The number of amides is 3. The highest BCUT2D eigenvalue weighted by Crippen LogP contribution is 2.04.